The fourth-order valence-corrected chi connectivity index (χ4v) is 4.53. The van der Waals surface area contributed by atoms with Gasteiger partial charge in [-0.1, -0.05) is 18.2 Å². The Kier molecular flexibility index (Phi) is 6.19. The summed E-state index contributed by atoms with van der Waals surface area (Å²) >= 11 is 0. The molecular weight excluding hydrogens is 448 g/mol. The summed E-state index contributed by atoms with van der Waals surface area (Å²) in [6, 6.07) is 16.7. The first kappa shape index (κ1) is 22.6. The Morgan fingerprint density at radius 1 is 1.09 bits per heavy atom. The van der Waals surface area contributed by atoms with Gasteiger partial charge in [0.05, 0.1) is 24.6 Å². The number of hydrogen-bond acceptors (Lipinski definition) is 7. The first-order valence-electron chi connectivity index (χ1n) is 11.5. The first-order valence-corrected chi connectivity index (χ1v) is 11.5. The number of carbonyl (C=O) groups excluding carboxylic acids is 1. The highest BCUT2D eigenvalue weighted by Crippen LogP contribution is 2.34. The third-order valence-electron chi connectivity index (χ3n) is 6.17. The Bertz CT molecular complexity index is 1400. The molecule has 1 amide bonds. The zero-order valence-corrected chi connectivity index (χ0v) is 19.1. The van der Waals surface area contributed by atoms with Crippen LogP contribution >= 0.6 is 0 Å². The lowest BCUT2D eigenvalue weighted by Crippen LogP contribution is -2.37. The highest BCUT2D eigenvalue weighted by Gasteiger charge is 2.28. The number of fused-ring (bicyclic) bond motifs is 1. The average molecular weight is 475 g/mol. The van der Waals surface area contributed by atoms with Gasteiger partial charge in [0.2, 0.25) is 6.41 Å². The fourth-order valence-electron chi connectivity index (χ4n) is 4.53. The standard InChI is InChI=1S/C25H26N6O4/c26-24-21-22(17-8-10-20(11-9-17)35-19-6-2-1-3-7-19)27-31(18-5-4-12-29(15-18)16-33)23(21)25(34)30(28-24)13-14-32/h1-3,6-11,16,18,32H,4-5,12-15H2,(H2,26,28). The maximum Gasteiger partial charge on any atom is 0.293 e. The van der Waals surface area contributed by atoms with Crippen LogP contribution in [0, 0.1) is 0 Å². The van der Waals surface area contributed by atoms with E-state index in [1.807, 2.05) is 54.6 Å². The monoisotopic (exact) mass is 474 g/mol. The topological polar surface area (TPSA) is 128 Å². The predicted octanol–water partition coefficient (Wildman–Crippen LogP) is 2.42. The van der Waals surface area contributed by atoms with Crippen LogP contribution in [0.4, 0.5) is 5.82 Å². The molecule has 1 aliphatic rings. The molecule has 35 heavy (non-hydrogen) atoms. The number of aromatic nitrogens is 4. The molecule has 0 spiro atoms. The summed E-state index contributed by atoms with van der Waals surface area (Å²) in [5.41, 5.74) is 7.56. The minimum Gasteiger partial charge on any atom is -0.457 e. The molecule has 180 valence electrons. The van der Waals surface area contributed by atoms with E-state index in [1.54, 1.807) is 9.58 Å². The number of nitrogens with zero attached hydrogens (tertiary/aromatic N) is 5. The lowest BCUT2D eigenvalue weighted by Gasteiger charge is -2.30. The molecule has 3 N–H and O–H groups in total. The fraction of sp³-hybridized carbons (Fsp3) is 0.280. The van der Waals surface area contributed by atoms with Crippen molar-refractivity contribution in [1.29, 1.82) is 0 Å². The van der Waals surface area contributed by atoms with Crippen molar-refractivity contribution in [3.05, 3.63) is 65.0 Å². The van der Waals surface area contributed by atoms with Gasteiger partial charge in [0, 0.05) is 18.7 Å². The zero-order chi connectivity index (χ0) is 24.4. The molecule has 0 saturated carbocycles. The van der Waals surface area contributed by atoms with Crippen LogP contribution in [0.25, 0.3) is 22.2 Å². The number of para-hydroxylation sites is 1. The smallest absolute Gasteiger partial charge is 0.293 e. The van der Waals surface area contributed by atoms with E-state index in [9.17, 15) is 14.7 Å². The van der Waals surface area contributed by atoms with Gasteiger partial charge in [-0.3, -0.25) is 14.3 Å². The molecule has 2 aromatic heterocycles. The third kappa shape index (κ3) is 4.35. The van der Waals surface area contributed by atoms with Gasteiger partial charge in [-0.15, -0.1) is 0 Å². The number of aliphatic hydroxyl groups is 1. The van der Waals surface area contributed by atoms with Crippen LogP contribution in [0.5, 0.6) is 11.5 Å². The van der Waals surface area contributed by atoms with Crippen LogP contribution in [-0.2, 0) is 11.3 Å². The largest absolute Gasteiger partial charge is 0.457 e. The van der Waals surface area contributed by atoms with Crippen LogP contribution in [0.1, 0.15) is 18.9 Å². The number of amides is 1. The second kappa shape index (κ2) is 9.59. The number of nitrogen functional groups attached to an aromatic ring is 1. The number of piperidine rings is 1. The summed E-state index contributed by atoms with van der Waals surface area (Å²) in [5.74, 6) is 1.54. The number of aliphatic hydroxyl groups excluding tert-OH is 1. The van der Waals surface area contributed by atoms with Crippen LogP contribution in [-0.4, -0.2) is 55.7 Å². The van der Waals surface area contributed by atoms with Crippen LogP contribution < -0.4 is 16.0 Å². The molecule has 0 aliphatic carbocycles. The maximum atomic E-state index is 13.4. The van der Waals surface area contributed by atoms with Crippen molar-refractivity contribution < 1.29 is 14.6 Å². The van der Waals surface area contributed by atoms with E-state index < -0.39 is 0 Å². The molecule has 1 unspecified atom stereocenters. The second-order valence-electron chi connectivity index (χ2n) is 8.49. The number of nitrogens with two attached hydrogens (primary N) is 1. The zero-order valence-electron chi connectivity index (χ0n) is 19.1. The van der Waals surface area contributed by atoms with Crippen molar-refractivity contribution in [2.75, 3.05) is 25.4 Å². The van der Waals surface area contributed by atoms with Crippen LogP contribution in [0.3, 0.4) is 0 Å². The average Bonchev–Trinajstić information content (AvgIpc) is 3.30. The normalized spacial score (nSPS) is 15.9. The van der Waals surface area contributed by atoms with Crippen LogP contribution in [0.15, 0.2) is 59.4 Å². The Morgan fingerprint density at radius 2 is 1.83 bits per heavy atom. The molecule has 1 saturated heterocycles. The van der Waals surface area contributed by atoms with Crippen molar-refractivity contribution in [3.63, 3.8) is 0 Å². The maximum absolute atomic E-state index is 13.4. The summed E-state index contributed by atoms with van der Waals surface area (Å²) in [5, 5.41) is 18.9. The minimum absolute atomic E-state index is 0.0239. The molecule has 4 aromatic rings. The number of rotatable bonds is 7. The molecular formula is C25H26N6O4. The molecule has 0 radical (unpaired) electrons. The Balaban J connectivity index is 1.61. The lowest BCUT2D eigenvalue weighted by molar-refractivity contribution is -0.119. The van der Waals surface area contributed by atoms with Gasteiger partial charge < -0.3 is 20.5 Å². The number of anilines is 1. The van der Waals surface area contributed by atoms with Crippen molar-refractivity contribution in [1.82, 2.24) is 24.5 Å². The predicted molar refractivity (Wildman–Crippen MR) is 131 cm³/mol. The molecule has 10 nitrogen and oxygen atoms in total. The molecule has 3 heterocycles. The summed E-state index contributed by atoms with van der Waals surface area (Å²) in [7, 11) is 0. The minimum atomic E-state index is -0.380. The van der Waals surface area contributed by atoms with Crippen LogP contribution in [0.2, 0.25) is 0 Å². The highest BCUT2D eigenvalue weighted by atomic mass is 16.5. The summed E-state index contributed by atoms with van der Waals surface area (Å²) in [4.78, 5) is 26.5. The van der Waals surface area contributed by atoms with Crippen molar-refractivity contribution in [2.45, 2.75) is 25.4 Å². The molecule has 5 rings (SSSR count). The highest BCUT2D eigenvalue weighted by molar-refractivity contribution is 5.99. The van der Waals surface area contributed by atoms with E-state index >= 15 is 0 Å². The molecule has 10 heteroatoms. The summed E-state index contributed by atoms with van der Waals surface area (Å²) in [6.07, 6.45) is 2.40. The Morgan fingerprint density at radius 3 is 2.54 bits per heavy atom. The number of ether oxygens (including phenoxy) is 1. The Labute approximate surface area is 201 Å². The van der Waals surface area contributed by atoms with Crippen molar-refractivity contribution >= 4 is 23.1 Å². The molecule has 0 bridgehead atoms. The summed E-state index contributed by atoms with van der Waals surface area (Å²) < 4.78 is 8.74. The van der Waals surface area contributed by atoms with E-state index in [4.69, 9.17) is 15.6 Å². The SMILES string of the molecule is Nc1nn(CCO)c(=O)c2c1c(-c1ccc(Oc3ccccc3)cc1)nn2C1CCCN(C=O)C1. The molecule has 2 aromatic carbocycles. The number of benzene rings is 2. The van der Waals surface area contributed by atoms with Gasteiger partial charge in [-0.25, -0.2) is 4.68 Å². The Hall–Kier alpha value is -4.18. The second-order valence-corrected chi connectivity index (χ2v) is 8.49. The van der Waals surface area contributed by atoms with E-state index in [2.05, 4.69) is 5.10 Å². The van der Waals surface area contributed by atoms with E-state index in [0.29, 0.717) is 35.4 Å². The number of likely N-dealkylation sites (tertiary alicyclic amines) is 1. The van der Waals surface area contributed by atoms with Gasteiger partial charge in [0.15, 0.2) is 5.82 Å². The molecule has 1 fully saturated rings. The van der Waals surface area contributed by atoms with E-state index in [-0.39, 0.29) is 30.6 Å². The number of carbonyl (C=O) groups is 1. The van der Waals surface area contributed by atoms with Gasteiger partial charge in [-0.05, 0) is 49.2 Å². The molecule has 1 atom stereocenters. The van der Waals surface area contributed by atoms with Crippen molar-refractivity contribution in [3.8, 4) is 22.8 Å². The molecule has 1 aliphatic heterocycles. The first-order chi connectivity index (χ1) is 17.1. The van der Waals surface area contributed by atoms with Crippen molar-refractivity contribution in [2.24, 2.45) is 0 Å². The number of hydrogen-bond donors (Lipinski definition) is 2. The van der Waals surface area contributed by atoms with E-state index in [0.717, 1.165) is 35.2 Å². The quantitative estimate of drug-likeness (QED) is 0.394. The van der Waals surface area contributed by atoms with Gasteiger partial charge >= 0.3 is 0 Å². The van der Waals surface area contributed by atoms with Gasteiger partial charge in [-0.2, -0.15) is 10.2 Å². The van der Waals surface area contributed by atoms with Gasteiger partial charge in [0.25, 0.3) is 5.56 Å². The third-order valence-corrected chi connectivity index (χ3v) is 6.17. The van der Waals surface area contributed by atoms with Gasteiger partial charge in [0.1, 0.15) is 22.7 Å². The summed E-state index contributed by atoms with van der Waals surface area (Å²) in [6.45, 7) is 0.902. The lowest BCUT2D eigenvalue weighted by atomic mass is 10.1. The van der Waals surface area contributed by atoms with E-state index in [1.165, 1.54) is 0 Å².